The van der Waals surface area contributed by atoms with Crippen LogP contribution in [0.3, 0.4) is 0 Å². The summed E-state index contributed by atoms with van der Waals surface area (Å²) in [5.41, 5.74) is 14.5. The van der Waals surface area contributed by atoms with E-state index in [2.05, 4.69) is 211 Å². The first-order chi connectivity index (χ1) is 29.2. The standard InChI is InChI=1S/C56H35N3/c1-2-13-45(14-3-1)59-53-20-9-8-17-48(53)49-30-29-43(34-54(49)59)42-28-27-40-31-39(25-26-41(40)32-42)37-23-21-36(22-24-37)38-11-10-12-44(33-38)52-35-57-55-50-18-6-4-15-46(50)47-16-5-7-19-51(47)56(55)58-52/h1-35H. The van der Waals surface area contributed by atoms with Gasteiger partial charge in [-0.25, -0.2) is 4.98 Å². The molecule has 0 aliphatic rings. The Morgan fingerprint density at radius 1 is 0.305 bits per heavy atom. The Morgan fingerprint density at radius 2 is 0.814 bits per heavy atom. The molecule has 0 atom stereocenters. The SMILES string of the molecule is c1ccc(-n2c3ccccc3c3ccc(-c4ccc5cc(-c6ccc(-c7cccc(-c8cnc9c%10ccccc%10c%10ccccc%10c9n8)c7)cc6)ccc5c4)cc32)cc1. The zero-order valence-electron chi connectivity index (χ0n) is 32.0. The van der Waals surface area contributed by atoms with Gasteiger partial charge in [0, 0.05) is 32.8 Å². The van der Waals surface area contributed by atoms with Crippen LogP contribution in [-0.2, 0) is 0 Å². The summed E-state index contributed by atoms with van der Waals surface area (Å²) in [4.78, 5) is 10.2. The molecule has 10 aromatic carbocycles. The molecule has 2 aromatic heterocycles. The predicted octanol–water partition coefficient (Wildman–Crippen LogP) is 14.9. The van der Waals surface area contributed by atoms with E-state index >= 15 is 0 Å². The molecule has 3 heteroatoms. The summed E-state index contributed by atoms with van der Waals surface area (Å²) in [5, 5.41) is 9.63. The summed E-state index contributed by atoms with van der Waals surface area (Å²) in [5.74, 6) is 0. The maximum atomic E-state index is 5.23. The number of nitrogens with zero attached hydrogens (tertiary/aromatic N) is 3. The maximum absolute atomic E-state index is 5.23. The molecular formula is C56H35N3. The minimum absolute atomic E-state index is 0.867. The Balaban J connectivity index is 0.846. The Labute approximate surface area is 341 Å². The Hall–Kier alpha value is -7.88. The molecule has 59 heavy (non-hydrogen) atoms. The highest BCUT2D eigenvalue weighted by atomic mass is 15.0. The van der Waals surface area contributed by atoms with E-state index in [0.29, 0.717) is 0 Å². The van der Waals surface area contributed by atoms with Gasteiger partial charge in [0.1, 0.15) is 0 Å². The zero-order chi connectivity index (χ0) is 38.9. The van der Waals surface area contributed by atoms with E-state index in [4.69, 9.17) is 9.97 Å². The fraction of sp³-hybridized carbons (Fsp3) is 0. The van der Waals surface area contributed by atoms with Crippen LogP contribution in [0.15, 0.2) is 212 Å². The number of aromatic nitrogens is 3. The monoisotopic (exact) mass is 749 g/mol. The van der Waals surface area contributed by atoms with E-state index in [1.54, 1.807) is 0 Å². The van der Waals surface area contributed by atoms with Gasteiger partial charge in [-0.15, -0.1) is 0 Å². The van der Waals surface area contributed by atoms with Crippen molar-refractivity contribution in [2.45, 2.75) is 0 Å². The van der Waals surface area contributed by atoms with E-state index < -0.39 is 0 Å². The molecule has 0 amide bonds. The first-order valence-electron chi connectivity index (χ1n) is 20.1. The molecule has 3 nitrogen and oxygen atoms in total. The molecular weight excluding hydrogens is 715 g/mol. The van der Waals surface area contributed by atoms with Gasteiger partial charge in [0.25, 0.3) is 0 Å². The lowest BCUT2D eigenvalue weighted by molar-refractivity contribution is 1.18. The summed E-state index contributed by atoms with van der Waals surface area (Å²) in [6.07, 6.45) is 1.92. The molecule has 0 bridgehead atoms. The number of hydrogen-bond acceptors (Lipinski definition) is 2. The molecule has 0 N–H and O–H groups in total. The summed E-state index contributed by atoms with van der Waals surface area (Å²) >= 11 is 0. The van der Waals surface area contributed by atoms with Crippen molar-refractivity contribution >= 4 is 65.2 Å². The fourth-order valence-corrected chi connectivity index (χ4v) is 9.09. The average Bonchev–Trinajstić information content (AvgIpc) is 3.65. The molecule has 0 aliphatic heterocycles. The summed E-state index contributed by atoms with van der Waals surface area (Å²) in [7, 11) is 0. The minimum atomic E-state index is 0.867. The molecule has 12 rings (SSSR count). The number of fused-ring (bicyclic) bond motifs is 10. The average molecular weight is 750 g/mol. The number of benzene rings is 10. The van der Waals surface area contributed by atoms with Crippen LogP contribution in [0, 0.1) is 0 Å². The fourth-order valence-electron chi connectivity index (χ4n) is 9.09. The molecule has 0 spiro atoms. The zero-order valence-corrected chi connectivity index (χ0v) is 32.0. The first kappa shape index (κ1) is 33.3. The summed E-state index contributed by atoms with van der Waals surface area (Å²) in [6, 6.07) is 74.4. The topological polar surface area (TPSA) is 30.7 Å². The van der Waals surface area contributed by atoms with Crippen LogP contribution in [0.4, 0.5) is 0 Å². The highest BCUT2D eigenvalue weighted by Gasteiger charge is 2.15. The normalized spacial score (nSPS) is 11.7. The molecule has 12 aromatic rings. The van der Waals surface area contributed by atoms with Crippen LogP contribution in [0.5, 0.6) is 0 Å². The van der Waals surface area contributed by atoms with Crippen molar-refractivity contribution in [2.24, 2.45) is 0 Å². The van der Waals surface area contributed by atoms with Crippen molar-refractivity contribution in [1.82, 2.24) is 14.5 Å². The Bertz CT molecular complexity index is 3570. The molecule has 0 fully saturated rings. The largest absolute Gasteiger partial charge is 0.309 e. The second-order valence-electron chi connectivity index (χ2n) is 15.4. The second-order valence-corrected chi connectivity index (χ2v) is 15.4. The molecule has 0 saturated heterocycles. The van der Waals surface area contributed by atoms with Gasteiger partial charge in [0.15, 0.2) is 0 Å². The predicted molar refractivity (Wildman–Crippen MR) is 248 cm³/mol. The van der Waals surface area contributed by atoms with Gasteiger partial charge in [0.05, 0.1) is 34.0 Å². The Kier molecular flexibility index (Phi) is 7.54. The minimum Gasteiger partial charge on any atom is -0.309 e. The maximum Gasteiger partial charge on any atom is 0.0979 e. The van der Waals surface area contributed by atoms with Crippen LogP contribution >= 0.6 is 0 Å². The van der Waals surface area contributed by atoms with Crippen LogP contribution in [0.2, 0.25) is 0 Å². The van der Waals surface area contributed by atoms with Gasteiger partial charge in [-0.2, -0.15) is 0 Å². The van der Waals surface area contributed by atoms with Crippen molar-refractivity contribution in [3.05, 3.63) is 212 Å². The molecule has 0 radical (unpaired) electrons. The Morgan fingerprint density at radius 3 is 1.53 bits per heavy atom. The number of hydrogen-bond donors (Lipinski definition) is 0. The van der Waals surface area contributed by atoms with Crippen molar-refractivity contribution in [2.75, 3.05) is 0 Å². The van der Waals surface area contributed by atoms with E-state index in [9.17, 15) is 0 Å². The molecule has 0 aliphatic carbocycles. The van der Waals surface area contributed by atoms with Gasteiger partial charge in [-0.1, -0.05) is 164 Å². The van der Waals surface area contributed by atoms with Crippen LogP contribution in [-0.4, -0.2) is 14.5 Å². The lowest BCUT2D eigenvalue weighted by atomic mass is 9.95. The third-order valence-electron chi connectivity index (χ3n) is 12.0. The van der Waals surface area contributed by atoms with Gasteiger partial charge in [-0.3, -0.25) is 4.98 Å². The van der Waals surface area contributed by atoms with Crippen molar-refractivity contribution in [3.8, 4) is 50.3 Å². The lowest BCUT2D eigenvalue weighted by Crippen LogP contribution is -1.93. The van der Waals surface area contributed by atoms with Gasteiger partial charge in [-0.05, 0) is 97.4 Å². The van der Waals surface area contributed by atoms with Crippen molar-refractivity contribution in [1.29, 1.82) is 0 Å². The van der Waals surface area contributed by atoms with E-state index in [-0.39, 0.29) is 0 Å². The molecule has 274 valence electrons. The third-order valence-corrected chi connectivity index (χ3v) is 12.0. The molecule has 0 unspecified atom stereocenters. The number of rotatable bonds is 5. The quantitative estimate of drug-likeness (QED) is 0.164. The summed E-state index contributed by atoms with van der Waals surface area (Å²) < 4.78 is 2.38. The second kappa shape index (κ2) is 13.4. The first-order valence-corrected chi connectivity index (χ1v) is 20.1. The van der Waals surface area contributed by atoms with E-state index in [0.717, 1.165) is 44.2 Å². The third kappa shape index (κ3) is 5.51. The molecule has 2 heterocycles. The van der Waals surface area contributed by atoms with E-state index in [1.165, 1.54) is 71.3 Å². The summed E-state index contributed by atoms with van der Waals surface area (Å²) in [6.45, 7) is 0. The van der Waals surface area contributed by atoms with Gasteiger partial charge in [0.2, 0.25) is 0 Å². The van der Waals surface area contributed by atoms with Gasteiger partial charge < -0.3 is 4.57 Å². The van der Waals surface area contributed by atoms with Crippen LogP contribution < -0.4 is 0 Å². The van der Waals surface area contributed by atoms with Crippen molar-refractivity contribution in [3.63, 3.8) is 0 Å². The van der Waals surface area contributed by atoms with Crippen LogP contribution in [0.1, 0.15) is 0 Å². The highest BCUT2D eigenvalue weighted by Crippen LogP contribution is 2.38. The van der Waals surface area contributed by atoms with Gasteiger partial charge >= 0.3 is 0 Å². The smallest absolute Gasteiger partial charge is 0.0979 e. The number of para-hydroxylation sites is 2. The highest BCUT2D eigenvalue weighted by molar-refractivity contribution is 6.23. The van der Waals surface area contributed by atoms with Crippen molar-refractivity contribution < 1.29 is 0 Å². The van der Waals surface area contributed by atoms with Crippen LogP contribution in [0.25, 0.3) is 115 Å². The van der Waals surface area contributed by atoms with E-state index in [1.807, 2.05) is 6.20 Å². The molecule has 0 saturated carbocycles. The lowest BCUT2D eigenvalue weighted by Gasteiger charge is -2.11.